The van der Waals surface area contributed by atoms with E-state index >= 15 is 0 Å². The van der Waals surface area contributed by atoms with Gasteiger partial charge < -0.3 is 16.0 Å². The van der Waals surface area contributed by atoms with Crippen LogP contribution >= 0.6 is 0 Å². The molecule has 5 heteroatoms. The molecule has 0 aliphatic rings. The predicted molar refractivity (Wildman–Crippen MR) is 95.6 cm³/mol. The van der Waals surface area contributed by atoms with E-state index < -0.39 is 0 Å². The Morgan fingerprint density at radius 3 is 2.29 bits per heavy atom. The molecule has 0 fully saturated rings. The zero-order valence-corrected chi connectivity index (χ0v) is 13.9. The minimum atomic E-state index is -0.136. The summed E-state index contributed by atoms with van der Waals surface area (Å²) in [5, 5.41) is 2.69. The van der Waals surface area contributed by atoms with Crippen molar-refractivity contribution in [1.29, 1.82) is 0 Å². The highest BCUT2D eigenvalue weighted by Gasteiger charge is 2.15. The van der Waals surface area contributed by atoms with Gasteiger partial charge in [0.1, 0.15) is 0 Å². The largest absolute Gasteiger partial charge is 0.334 e. The zero-order chi connectivity index (χ0) is 17.4. The molecule has 0 atom stereocenters. The molecule has 0 saturated carbocycles. The van der Waals surface area contributed by atoms with Crippen molar-refractivity contribution in [2.75, 3.05) is 18.4 Å². The van der Waals surface area contributed by atoms with E-state index in [1.807, 2.05) is 30.3 Å². The molecule has 0 aliphatic heterocycles. The third-order valence-corrected chi connectivity index (χ3v) is 3.59. The molecule has 0 bridgehead atoms. The van der Waals surface area contributed by atoms with E-state index in [0.717, 1.165) is 12.0 Å². The topological polar surface area (TPSA) is 75.4 Å². The number of rotatable bonds is 7. The highest BCUT2D eigenvalue weighted by Crippen LogP contribution is 2.14. The van der Waals surface area contributed by atoms with Crippen LogP contribution in [0.25, 0.3) is 0 Å². The molecule has 2 rings (SSSR count). The molecule has 0 unspecified atom stereocenters. The van der Waals surface area contributed by atoms with Crippen molar-refractivity contribution in [3.8, 4) is 0 Å². The van der Waals surface area contributed by atoms with Crippen molar-refractivity contribution in [3.05, 3.63) is 65.7 Å². The smallest absolute Gasteiger partial charge is 0.254 e. The lowest BCUT2D eigenvalue weighted by atomic mass is 10.1. The van der Waals surface area contributed by atoms with Crippen LogP contribution in [-0.2, 0) is 11.3 Å². The summed E-state index contributed by atoms with van der Waals surface area (Å²) < 4.78 is 0. The lowest BCUT2D eigenvalue weighted by molar-refractivity contribution is -0.114. The molecule has 2 aromatic carbocycles. The minimum absolute atomic E-state index is 0.0401. The van der Waals surface area contributed by atoms with Gasteiger partial charge in [0, 0.05) is 31.3 Å². The monoisotopic (exact) mass is 325 g/mol. The summed E-state index contributed by atoms with van der Waals surface area (Å²) in [5.41, 5.74) is 7.95. The van der Waals surface area contributed by atoms with Gasteiger partial charge in [0.15, 0.2) is 0 Å². The number of hydrogen-bond acceptors (Lipinski definition) is 3. The standard InChI is InChI=1S/C19H23N3O2/c1-15(23)21-18-10-8-17(9-11-18)19(24)22(13-5-12-20)14-16-6-3-2-4-7-16/h2-4,6-11H,5,12-14,20H2,1H3,(H,21,23). The van der Waals surface area contributed by atoms with Gasteiger partial charge in [-0.15, -0.1) is 0 Å². The van der Waals surface area contributed by atoms with Crippen molar-refractivity contribution in [3.63, 3.8) is 0 Å². The fourth-order valence-corrected chi connectivity index (χ4v) is 2.42. The Balaban J connectivity index is 2.12. The van der Waals surface area contributed by atoms with Crippen LogP contribution in [0, 0.1) is 0 Å². The third kappa shape index (κ3) is 5.21. The first-order valence-electron chi connectivity index (χ1n) is 8.01. The maximum absolute atomic E-state index is 12.8. The average molecular weight is 325 g/mol. The van der Waals surface area contributed by atoms with Gasteiger partial charge in [0.25, 0.3) is 5.91 Å². The predicted octanol–water partition coefficient (Wildman–Crippen LogP) is 2.64. The summed E-state index contributed by atoms with van der Waals surface area (Å²) >= 11 is 0. The minimum Gasteiger partial charge on any atom is -0.334 e. The van der Waals surface area contributed by atoms with Gasteiger partial charge >= 0.3 is 0 Å². The van der Waals surface area contributed by atoms with Crippen molar-refractivity contribution >= 4 is 17.5 Å². The van der Waals surface area contributed by atoms with Crippen LogP contribution in [0.3, 0.4) is 0 Å². The Morgan fingerprint density at radius 1 is 1.04 bits per heavy atom. The highest BCUT2D eigenvalue weighted by molar-refractivity contribution is 5.95. The van der Waals surface area contributed by atoms with Crippen LogP contribution in [0.15, 0.2) is 54.6 Å². The third-order valence-electron chi connectivity index (χ3n) is 3.59. The number of nitrogens with one attached hydrogen (secondary N) is 1. The van der Waals surface area contributed by atoms with Crippen LogP contribution in [0.4, 0.5) is 5.69 Å². The molecule has 0 heterocycles. The normalized spacial score (nSPS) is 10.2. The van der Waals surface area contributed by atoms with Gasteiger partial charge in [-0.3, -0.25) is 9.59 Å². The first-order chi connectivity index (χ1) is 11.6. The zero-order valence-electron chi connectivity index (χ0n) is 13.9. The van der Waals surface area contributed by atoms with E-state index in [4.69, 9.17) is 5.73 Å². The number of carbonyl (C=O) groups is 2. The molecule has 2 amide bonds. The van der Waals surface area contributed by atoms with Crippen molar-refractivity contribution in [1.82, 2.24) is 4.90 Å². The SMILES string of the molecule is CC(=O)Nc1ccc(C(=O)N(CCCN)Cc2ccccc2)cc1. The van der Waals surface area contributed by atoms with E-state index in [1.54, 1.807) is 29.2 Å². The molecule has 5 nitrogen and oxygen atoms in total. The second kappa shape index (κ2) is 8.84. The summed E-state index contributed by atoms with van der Waals surface area (Å²) in [6.07, 6.45) is 0.753. The van der Waals surface area contributed by atoms with Gasteiger partial charge in [-0.1, -0.05) is 30.3 Å². The van der Waals surface area contributed by atoms with Crippen molar-refractivity contribution < 1.29 is 9.59 Å². The Labute approximate surface area is 142 Å². The molecule has 0 saturated heterocycles. The van der Waals surface area contributed by atoms with E-state index in [9.17, 15) is 9.59 Å². The fourth-order valence-electron chi connectivity index (χ4n) is 2.42. The van der Waals surface area contributed by atoms with Crippen LogP contribution in [0.2, 0.25) is 0 Å². The van der Waals surface area contributed by atoms with Crippen molar-refractivity contribution in [2.45, 2.75) is 19.9 Å². The number of hydrogen-bond donors (Lipinski definition) is 2. The van der Waals surface area contributed by atoms with Crippen molar-refractivity contribution in [2.24, 2.45) is 5.73 Å². The van der Waals surface area contributed by atoms with Crippen LogP contribution in [0.5, 0.6) is 0 Å². The van der Waals surface area contributed by atoms with E-state index in [0.29, 0.717) is 30.9 Å². The summed E-state index contributed by atoms with van der Waals surface area (Å²) in [6, 6.07) is 16.8. The van der Waals surface area contributed by atoms with Crippen LogP contribution in [0.1, 0.15) is 29.3 Å². The molecule has 0 aromatic heterocycles. The number of nitrogens with zero attached hydrogens (tertiary/aromatic N) is 1. The lowest BCUT2D eigenvalue weighted by Gasteiger charge is -2.23. The summed E-state index contributed by atoms with van der Waals surface area (Å²) in [4.78, 5) is 25.7. The maximum Gasteiger partial charge on any atom is 0.254 e. The van der Waals surface area contributed by atoms with E-state index in [2.05, 4.69) is 5.32 Å². The van der Waals surface area contributed by atoms with Gasteiger partial charge in [-0.2, -0.15) is 0 Å². The van der Waals surface area contributed by atoms with E-state index in [-0.39, 0.29) is 11.8 Å². The number of anilines is 1. The van der Waals surface area contributed by atoms with Gasteiger partial charge in [-0.05, 0) is 42.8 Å². The first-order valence-corrected chi connectivity index (χ1v) is 8.01. The lowest BCUT2D eigenvalue weighted by Crippen LogP contribution is -2.32. The van der Waals surface area contributed by atoms with Gasteiger partial charge in [0.2, 0.25) is 5.91 Å². The molecule has 126 valence electrons. The average Bonchev–Trinajstić information content (AvgIpc) is 2.59. The van der Waals surface area contributed by atoms with Crippen LogP contribution in [-0.4, -0.2) is 29.8 Å². The van der Waals surface area contributed by atoms with Gasteiger partial charge in [-0.25, -0.2) is 0 Å². The Kier molecular flexibility index (Phi) is 6.51. The molecule has 24 heavy (non-hydrogen) atoms. The summed E-state index contributed by atoms with van der Waals surface area (Å²) in [7, 11) is 0. The summed E-state index contributed by atoms with van der Waals surface area (Å²) in [6.45, 7) is 3.15. The number of amides is 2. The Hall–Kier alpha value is -2.66. The molecular formula is C19H23N3O2. The molecule has 2 aromatic rings. The molecule has 0 aliphatic carbocycles. The second-order valence-corrected chi connectivity index (χ2v) is 5.61. The first kappa shape index (κ1) is 17.7. The molecular weight excluding hydrogens is 302 g/mol. The Bertz CT molecular complexity index is 669. The second-order valence-electron chi connectivity index (χ2n) is 5.61. The van der Waals surface area contributed by atoms with Crippen LogP contribution < -0.4 is 11.1 Å². The molecule has 0 spiro atoms. The quantitative estimate of drug-likeness (QED) is 0.822. The summed E-state index contributed by atoms with van der Waals surface area (Å²) in [5.74, 6) is -0.176. The number of benzene rings is 2. The Morgan fingerprint density at radius 2 is 1.71 bits per heavy atom. The maximum atomic E-state index is 12.8. The van der Waals surface area contributed by atoms with E-state index in [1.165, 1.54) is 6.92 Å². The highest BCUT2D eigenvalue weighted by atomic mass is 16.2. The fraction of sp³-hybridized carbons (Fsp3) is 0.263. The molecule has 0 radical (unpaired) electrons. The van der Waals surface area contributed by atoms with Gasteiger partial charge in [0.05, 0.1) is 0 Å². The molecule has 3 N–H and O–H groups in total. The number of carbonyl (C=O) groups excluding carboxylic acids is 2. The number of nitrogens with two attached hydrogens (primary N) is 1.